The van der Waals surface area contributed by atoms with Gasteiger partial charge < -0.3 is 25.2 Å². The molecule has 0 aliphatic carbocycles. The molecule has 0 unspecified atom stereocenters. The van der Waals surface area contributed by atoms with Crippen LogP contribution in [0.2, 0.25) is 0 Å². The average Bonchev–Trinajstić information content (AvgIpc) is 2.70. The van der Waals surface area contributed by atoms with Gasteiger partial charge in [0.2, 0.25) is 0 Å². The van der Waals surface area contributed by atoms with E-state index in [-0.39, 0.29) is 0 Å². The molecule has 164 valence electrons. The maximum absolute atomic E-state index is 5.69. The van der Waals surface area contributed by atoms with Crippen LogP contribution in [-0.2, 0) is 4.74 Å². The Morgan fingerprint density at radius 3 is 2.32 bits per heavy atom. The van der Waals surface area contributed by atoms with Crippen molar-refractivity contribution in [3.8, 4) is 0 Å². The van der Waals surface area contributed by atoms with Gasteiger partial charge in [0.15, 0.2) is 5.96 Å². The van der Waals surface area contributed by atoms with Crippen molar-refractivity contribution in [2.24, 2.45) is 10.9 Å². The predicted octanol–water partition coefficient (Wildman–Crippen LogP) is 2.55. The van der Waals surface area contributed by atoms with E-state index >= 15 is 0 Å². The molecule has 0 spiro atoms. The van der Waals surface area contributed by atoms with E-state index in [1.807, 2.05) is 0 Å². The molecule has 6 nitrogen and oxygen atoms in total. The van der Waals surface area contributed by atoms with Crippen LogP contribution >= 0.6 is 0 Å². The summed E-state index contributed by atoms with van der Waals surface area (Å²) in [5, 5.41) is 7.12. The SMILES string of the molecule is CCNC(=NCCC1CCN(CC)CC1)NC1CCN(CCOC(C)C)CC1. The van der Waals surface area contributed by atoms with Gasteiger partial charge in [-0.3, -0.25) is 4.99 Å². The van der Waals surface area contributed by atoms with E-state index < -0.39 is 0 Å². The molecule has 0 aromatic heterocycles. The van der Waals surface area contributed by atoms with E-state index in [1.165, 1.54) is 51.7 Å². The van der Waals surface area contributed by atoms with Crippen molar-refractivity contribution < 1.29 is 4.74 Å². The fourth-order valence-corrected chi connectivity index (χ4v) is 4.18. The lowest BCUT2D eigenvalue weighted by Crippen LogP contribution is -2.49. The first-order chi connectivity index (χ1) is 13.6. The van der Waals surface area contributed by atoms with E-state index in [4.69, 9.17) is 9.73 Å². The van der Waals surface area contributed by atoms with Gasteiger partial charge in [0.05, 0.1) is 12.7 Å². The molecule has 0 amide bonds. The summed E-state index contributed by atoms with van der Waals surface area (Å²) in [6.45, 7) is 18.4. The van der Waals surface area contributed by atoms with Crippen LogP contribution in [0, 0.1) is 5.92 Å². The molecule has 0 atom stereocenters. The first kappa shape index (κ1) is 23.4. The molecule has 2 aliphatic rings. The molecule has 0 aromatic rings. The Balaban J connectivity index is 1.66. The number of nitrogens with zero attached hydrogens (tertiary/aromatic N) is 3. The summed E-state index contributed by atoms with van der Waals surface area (Å²) in [4.78, 5) is 9.96. The monoisotopic (exact) mass is 395 g/mol. The number of rotatable bonds is 10. The van der Waals surface area contributed by atoms with Gasteiger partial charge in [-0.2, -0.15) is 0 Å². The second-order valence-electron chi connectivity index (χ2n) is 8.61. The van der Waals surface area contributed by atoms with E-state index in [1.54, 1.807) is 0 Å². The van der Waals surface area contributed by atoms with Crippen molar-refractivity contribution in [1.29, 1.82) is 0 Å². The molecule has 0 radical (unpaired) electrons. The van der Waals surface area contributed by atoms with Crippen molar-refractivity contribution in [3.63, 3.8) is 0 Å². The largest absolute Gasteiger partial charge is 0.377 e. The third-order valence-corrected chi connectivity index (χ3v) is 6.09. The van der Waals surface area contributed by atoms with Crippen LogP contribution in [0.1, 0.15) is 59.8 Å². The Bertz CT molecular complexity index is 427. The molecule has 2 aliphatic heterocycles. The predicted molar refractivity (Wildman–Crippen MR) is 119 cm³/mol. The van der Waals surface area contributed by atoms with Crippen molar-refractivity contribution in [2.75, 3.05) is 59.0 Å². The molecular weight excluding hydrogens is 350 g/mol. The fraction of sp³-hybridized carbons (Fsp3) is 0.955. The fourth-order valence-electron chi connectivity index (χ4n) is 4.18. The highest BCUT2D eigenvalue weighted by Crippen LogP contribution is 2.20. The minimum atomic E-state index is 0.331. The zero-order chi connectivity index (χ0) is 20.2. The number of likely N-dealkylation sites (tertiary alicyclic amines) is 2. The smallest absolute Gasteiger partial charge is 0.191 e. The highest BCUT2D eigenvalue weighted by molar-refractivity contribution is 5.80. The molecule has 6 heteroatoms. The number of hydrogen-bond donors (Lipinski definition) is 2. The highest BCUT2D eigenvalue weighted by atomic mass is 16.5. The summed E-state index contributed by atoms with van der Waals surface area (Å²) in [7, 11) is 0. The van der Waals surface area contributed by atoms with E-state index in [9.17, 15) is 0 Å². The zero-order valence-corrected chi connectivity index (χ0v) is 18.9. The van der Waals surface area contributed by atoms with E-state index in [2.05, 4.69) is 48.1 Å². The summed E-state index contributed by atoms with van der Waals surface area (Å²) >= 11 is 0. The van der Waals surface area contributed by atoms with Gasteiger partial charge in [-0.15, -0.1) is 0 Å². The molecule has 2 heterocycles. The zero-order valence-electron chi connectivity index (χ0n) is 18.9. The van der Waals surface area contributed by atoms with Gasteiger partial charge >= 0.3 is 0 Å². The summed E-state index contributed by atoms with van der Waals surface area (Å²) in [6.07, 6.45) is 6.60. The van der Waals surface area contributed by atoms with Crippen LogP contribution in [0.4, 0.5) is 0 Å². The Kier molecular flexibility index (Phi) is 11.2. The van der Waals surface area contributed by atoms with Crippen LogP contribution in [0.15, 0.2) is 4.99 Å². The number of nitrogens with one attached hydrogen (secondary N) is 2. The Morgan fingerprint density at radius 1 is 1.04 bits per heavy atom. The van der Waals surface area contributed by atoms with Crippen molar-refractivity contribution in [3.05, 3.63) is 0 Å². The molecular formula is C22H45N5O. The number of hydrogen-bond acceptors (Lipinski definition) is 4. The topological polar surface area (TPSA) is 52.1 Å². The molecule has 2 saturated heterocycles. The van der Waals surface area contributed by atoms with Crippen LogP contribution in [-0.4, -0.2) is 86.9 Å². The average molecular weight is 396 g/mol. The van der Waals surface area contributed by atoms with Crippen molar-refractivity contribution in [1.82, 2.24) is 20.4 Å². The van der Waals surface area contributed by atoms with Crippen LogP contribution < -0.4 is 10.6 Å². The summed E-state index contributed by atoms with van der Waals surface area (Å²) in [5.41, 5.74) is 0. The number of piperidine rings is 2. The molecule has 2 N–H and O–H groups in total. The second kappa shape index (κ2) is 13.4. The number of aliphatic imine (C=N–C) groups is 1. The van der Waals surface area contributed by atoms with Crippen molar-refractivity contribution >= 4 is 5.96 Å². The maximum atomic E-state index is 5.69. The van der Waals surface area contributed by atoms with Gasteiger partial charge in [-0.1, -0.05) is 6.92 Å². The minimum Gasteiger partial charge on any atom is -0.377 e. The minimum absolute atomic E-state index is 0.331. The first-order valence-corrected chi connectivity index (χ1v) is 11.7. The molecule has 2 rings (SSSR count). The second-order valence-corrected chi connectivity index (χ2v) is 8.61. The normalized spacial score (nSPS) is 21.4. The summed E-state index contributed by atoms with van der Waals surface area (Å²) < 4.78 is 5.69. The molecule has 0 bridgehead atoms. The lowest BCUT2D eigenvalue weighted by molar-refractivity contribution is 0.0532. The van der Waals surface area contributed by atoms with Crippen LogP contribution in [0.25, 0.3) is 0 Å². The Hall–Kier alpha value is -0.850. The summed E-state index contributed by atoms with van der Waals surface area (Å²) in [5.74, 6) is 1.86. The van der Waals surface area contributed by atoms with Gasteiger partial charge in [0.25, 0.3) is 0 Å². The van der Waals surface area contributed by atoms with Gasteiger partial charge in [0.1, 0.15) is 0 Å². The standard InChI is InChI=1S/C22H45N5O/c1-5-23-22(24-12-7-20-8-13-26(6-2)14-9-20)25-21-10-15-27(16-11-21)17-18-28-19(3)4/h19-21H,5-18H2,1-4H3,(H2,23,24,25). The van der Waals surface area contributed by atoms with E-state index in [0.29, 0.717) is 12.1 Å². The van der Waals surface area contributed by atoms with Crippen LogP contribution in [0.3, 0.4) is 0 Å². The molecule has 0 saturated carbocycles. The molecule has 0 aromatic carbocycles. The van der Waals surface area contributed by atoms with Gasteiger partial charge in [-0.05, 0) is 78.4 Å². The van der Waals surface area contributed by atoms with Crippen molar-refractivity contribution in [2.45, 2.75) is 71.9 Å². The Labute approximate surface area is 173 Å². The Morgan fingerprint density at radius 2 is 1.71 bits per heavy atom. The lowest BCUT2D eigenvalue weighted by atomic mass is 9.94. The lowest BCUT2D eigenvalue weighted by Gasteiger charge is -2.33. The van der Waals surface area contributed by atoms with Gasteiger partial charge in [-0.25, -0.2) is 0 Å². The third kappa shape index (κ3) is 9.10. The molecule has 28 heavy (non-hydrogen) atoms. The maximum Gasteiger partial charge on any atom is 0.191 e. The first-order valence-electron chi connectivity index (χ1n) is 11.7. The third-order valence-electron chi connectivity index (χ3n) is 6.09. The van der Waals surface area contributed by atoms with Gasteiger partial charge in [0, 0.05) is 38.8 Å². The quantitative estimate of drug-likeness (QED) is 0.440. The molecule has 2 fully saturated rings. The number of ether oxygens (including phenoxy) is 1. The van der Waals surface area contributed by atoms with Crippen LogP contribution in [0.5, 0.6) is 0 Å². The highest BCUT2D eigenvalue weighted by Gasteiger charge is 2.20. The number of guanidine groups is 1. The van der Waals surface area contributed by atoms with E-state index in [0.717, 1.165) is 51.2 Å². The summed E-state index contributed by atoms with van der Waals surface area (Å²) in [6, 6.07) is 0.535.